The maximum atomic E-state index is 8.78. The molecule has 1 aromatic heterocycles. The number of nitrogen functional groups attached to an aromatic ring is 1. The van der Waals surface area contributed by atoms with Crippen molar-refractivity contribution in [3.05, 3.63) is 6.33 Å². The van der Waals surface area contributed by atoms with Crippen molar-refractivity contribution in [1.82, 2.24) is 9.97 Å². The average molecular weight is 254 g/mol. The van der Waals surface area contributed by atoms with Crippen LogP contribution in [-0.2, 0) is 0 Å². The van der Waals surface area contributed by atoms with Gasteiger partial charge in [0.25, 0.3) is 0 Å². The van der Waals surface area contributed by atoms with Gasteiger partial charge >= 0.3 is 0 Å². The molecule has 0 saturated carbocycles. The summed E-state index contributed by atoms with van der Waals surface area (Å²) in [4.78, 5) is 8.11. The van der Waals surface area contributed by atoms with Gasteiger partial charge in [0.15, 0.2) is 5.82 Å². The van der Waals surface area contributed by atoms with E-state index in [2.05, 4.69) is 15.3 Å². The highest BCUT2D eigenvalue weighted by molar-refractivity contribution is 5.66. The van der Waals surface area contributed by atoms with Crippen molar-refractivity contribution in [2.75, 3.05) is 17.7 Å². The lowest BCUT2D eigenvalue weighted by Gasteiger charge is -2.17. The standard InChI is InChI=1S/C12H22N4O2/c1-8(2)18-12-10(13)11(14-7-15-12)16-9(3)5-4-6-17/h7-9,17H,4-6,13H2,1-3H3,(H,14,15,16). The number of aliphatic hydroxyl groups is 1. The second kappa shape index (κ2) is 7.00. The van der Waals surface area contributed by atoms with E-state index in [-0.39, 0.29) is 18.8 Å². The van der Waals surface area contributed by atoms with Crippen molar-refractivity contribution in [1.29, 1.82) is 0 Å². The molecule has 0 saturated heterocycles. The zero-order valence-corrected chi connectivity index (χ0v) is 11.2. The summed E-state index contributed by atoms with van der Waals surface area (Å²) in [5.74, 6) is 0.975. The van der Waals surface area contributed by atoms with Gasteiger partial charge in [0.1, 0.15) is 12.0 Å². The van der Waals surface area contributed by atoms with Gasteiger partial charge in [-0.1, -0.05) is 0 Å². The van der Waals surface area contributed by atoms with Gasteiger partial charge in [-0.2, -0.15) is 4.98 Å². The van der Waals surface area contributed by atoms with Crippen molar-refractivity contribution in [3.63, 3.8) is 0 Å². The third kappa shape index (κ3) is 4.37. The zero-order chi connectivity index (χ0) is 13.5. The maximum Gasteiger partial charge on any atom is 0.242 e. The fourth-order valence-corrected chi connectivity index (χ4v) is 1.51. The topological polar surface area (TPSA) is 93.3 Å². The minimum Gasteiger partial charge on any atom is -0.473 e. The second-order valence-corrected chi connectivity index (χ2v) is 4.52. The molecule has 1 aromatic rings. The molecule has 1 unspecified atom stereocenters. The van der Waals surface area contributed by atoms with Crippen LogP contribution in [0, 0.1) is 0 Å². The monoisotopic (exact) mass is 254 g/mol. The lowest BCUT2D eigenvalue weighted by Crippen LogP contribution is -2.18. The number of rotatable bonds is 7. The fourth-order valence-electron chi connectivity index (χ4n) is 1.51. The number of nitrogens with one attached hydrogen (secondary N) is 1. The van der Waals surface area contributed by atoms with Crippen LogP contribution in [0.15, 0.2) is 6.33 Å². The minimum atomic E-state index is 0.0156. The van der Waals surface area contributed by atoms with Crippen LogP contribution in [0.3, 0.4) is 0 Å². The normalized spacial score (nSPS) is 12.5. The minimum absolute atomic E-state index is 0.0156. The van der Waals surface area contributed by atoms with Crippen LogP contribution in [-0.4, -0.2) is 33.8 Å². The molecule has 0 aliphatic rings. The van der Waals surface area contributed by atoms with Gasteiger partial charge in [0, 0.05) is 12.6 Å². The molecule has 1 rings (SSSR count). The molecular formula is C12H22N4O2. The summed E-state index contributed by atoms with van der Waals surface area (Å²) in [6, 6.07) is 0.182. The SMILES string of the molecule is CC(CCCO)Nc1ncnc(OC(C)C)c1N. The van der Waals surface area contributed by atoms with Gasteiger partial charge in [0.05, 0.1) is 6.10 Å². The molecule has 0 aliphatic carbocycles. The lowest BCUT2D eigenvalue weighted by atomic mass is 10.2. The molecule has 4 N–H and O–H groups in total. The Morgan fingerprint density at radius 3 is 2.72 bits per heavy atom. The summed E-state index contributed by atoms with van der Waals surface area (Å²) in [6.45, 7) is 6.03. The first-order chi connectivity index (χ1) is 8.54. The molecule has 6 nitrogen and oxygen atoms in total. The Morgan fingerprint density at radius 2 is 2.11 bits per heavy atom. The summed E-state index contributed by atoms with van der Waals surface area (Å²) in [6.07, 6.45) is 3.03. The van der Waals surface area contributed by atoms with Gasteiger partial charge < -0.3 is 20.9 Å². The summed E-state index contributed by atoms with van der Waals surface area (Å²) in [5, 5.41) is 12.0. The summed E-state index contributed by atoms with van der Waals surface area (Å²) >= 11 is 0. The Kier molecular flexibility index (Phi) is 5.64. The Balaban J connectivity index is 2.71. The fraction of sp³-hybridized carbons (Fsp3) is 0.667. The largest absolute Gasteiger partial charge is 0.473 e. The predicted molar refractivity (Wildman–Crippen MR) is 71.6 cm³/mol. The van der Waals surface area contributed by atoms with Crippen LogP contribution in [0.4, 0.5) is 11.5 Å². The summed E-state index contributed by atoms with van der Waals surface area (Å²) in [5.41, 5.74) is 6.37. The lowest BCUT2D eigenvalue weighted by molar-refractivity contribution is 0.234. The maximum absolute atomic E-state index is 8.78. The first-order valence-corrected chi connectivity index (χ1v) is 6.19. The predicted octanol–water partition coefficient (Wildman–Crippen LogP) is 1.42. The van der Waals surface area contributed by atoms with Crippen molar-refractivity contribution in [2.24, 2.45) is 0 Å². The number of aliphatic hydroxyl groups excluding tert-OH is 1. The van der Waals surface area contributed by atoms with Gasteiger partial charge in [-0.05, 0) is 33.6 Å². The van der Waals surface area contributed by atoms with Crippen molar-refractivity contribution in [3.8, 4) is 5.88 Å². The highest BCUT2D eigenvalue weighted by atomic mass is 16.5. The first-order valence-electron chi connectivity index (χ1n) is 6.19. The van der Waals surface area contributed by atoms with Crippen LogP contribution >= 0.6 is 0 Å². The average Bonchev–Trinajstić information content (AvgIpc) is 2.31. The molecule has 0 spiro atoms. The van der Waals surface area contributed by atoms with E-state index in [1.165, 1.54) is 6.33 Å². The molecule has 0 radical (unpaired) electrons. The molecule has 6 heteroatoms. The van der Waals surface area contributed by atoms with Gasteiger partial charge in [-0.15, -0.1) is 0 Å². The number of ether oxygens (including phenoxy) is 1. The third-order valence-corrected chi connectivity index (χ3v) is 2.37. The number of nitrogens with two attached hydrogens (primary N) is 1. The molecule has 0 amide bonds. The van der Waals surface area contributed by atoms with E-state index in [0.29, 0.717) is 17.4 Å². The highest BCUT2D eigenvalue weighted by Crippen LogP contribution is 2.26. The third-order valence-electron chi connectivity index (χ3n) is 2.37. The Morgan fingerprint density at radius 1 is 1.39 bits per heavy atom. The highest BCUT2D eigenvalue weighted by Gasteiger charge is 2.12. The van der Waals surface area contributed by atoms with Crippen LogP contribution in [0.1, 0.15) is 33.6 Å². The number of anilines is 2. The van der Waals surface area contributed by atoms with E-state index in [4.69, 9.17) is 15.6 Å². The Labute approximate surface area is 108 Å². The smallest absolute Gasteiger partial charge is 0.242 e. The molecule has 1 heterocycles. The van der Waals surface area contributed by atoms with Gasteiger partial charge in [-0.25, -0.2) is 4.98 Å². The second-order valence-electron chi connectivity index (χ2n) is 4.52. The number of hydrogen-bond acceptors (Lipinski definition) is 6. The van der Waals surface area contributed by atoms with Crippen molar-refractivity contribution >= 4 is 11.5 Å². The number of nitrogens with zero attached hydrogens (tertiary/aromatic N) is 2. The van der Waals surface area contributed by atoms with Gasteiger partial charge in [0.2, 0.25) is 5.88 Å². The quantitative estimate of drug-likeness (QED) is 0.681. The van der Waals surface area contributed by atoms with Crippen molar-refractivity contribution < 1.29 is 9.84 Å². The molecule has 0 aromatic carbocycles. The zero-order valence-electron chi connectivity index (χ0n) is 11.2. The number of aromatic nitrogens is 2. The van der Waals surface area contributed by atoms with E-state index in [1.807, 2.05) is 20.8 Å². The molecule has 1 atom stereocenters. The molecule has 0 bridgehead atoms. The summed E-state index contributed by atoms with van der Waals surface area (Å²) < 4.78 is 5.49. The Hall–Kier alpha value is -1.56. The molecule has 0 fully saturated rings. The van der Waals surface area contributed by atoms with Crippen LogP contribution < -0.4 is 15.8 Å². The first kappa shape index (κ1) is 14.5. The van der Waals surface area contributed by atoms with E-state index < -0.39 is 0 Å². The Bertz CT molecular complexity index is 371. The van der Waals surface area contributed by atoms with Crippen LogP contribution in [0.25, 0.3) is 0 Å². The van der Waals surface area contributed by atoms with E-state index in [0.717, 1.165) is 12.8 Å². The molecular weight excluding hydrogens is 232 g/mol. The van der Waals surface area contributed by atoms with E-state index >= 15 is 0 Å². The van der Waals surface area contributed by atoms with Crippen LogP contribution in [0.5, 0.6) is 5.88 Å². The van der Waals surface area contributed by atoms with Crippen molar-refractivity contribution in [2.45, 2.75) is 45.8 Å². The summed E-state index contributed by atoms with van der Waals surface area (Å²) in [7, 11) is 0. The van der Waals surface area contributed by atoms with E-state index in [9.17, 15) is 0 Å². The van der Waals surface area contributed by atoms with E-state index in [1.54, 1.807) is 0 Å². The molecule has 102 valence electrons. The molecule has 0 aliphatic heterocycles. The van der Waals surface area contributed by atoms with Gasteiger partial charge in [-0.3, -0.25) is 0 Å². The van der Waals surface area contributed by atoms with Crippen LogP contribution in [0.2, 0.25) is 0 Å². The molecule has 18 heavy (non-hydrogen) atoms. The number of hydrogen-bond donors (Lipinski definition) is 3.